The molecule has 21 heavy (non-hydrogen) atoms. The highest BCUT2D eigenvalue weighted by Gasteiger charge is 2.39. The number of hydrogen-bond acceptors (Lipinski definition) is 3. The highest BCUT2D eigenvalue weighted by Crippen LogP contribution is 2.38. The number of fused-ring (bicyclic) bond motifs is 1. The number of nitrogens with zero attached hydrogens (tertiary/aromatic N) is 2. The smallest absolute Gasteiger partial charge is 0.308 e. The van der Waals surface area contributed by atoms with Crippen molar-refractivity contribution in [2.45, 2.75) is 25.3 Å². The Morgan fingerprint density at radius 1 is 1.29 bits per heavy atom. The zero-order valence-electron chi connectivity index (χ0n) is 12.4. The van der Waals surface area contributed by atoms with Crippen molar-refractivity contribution >= 4 is 17.6 Å². The molecule has 2 aliphatic rings. The number of amides is 1. The van der Waals surface area contributed by atoms with Crippen LogP contribution in [0.2, 0.25) is 0 Å². The Morgan fingerprint density at radius 3 is 2.76 bits per heavy atom. The normalized spacial score (nSPS) is 25.1. The average molecular weight is 288 g/mol. The fourth-order valence-electron chi connectivity index (χ4n) is 3.52. The number of carbonyl (C=O) groups is 2. The molecule has 112 valence electrons. The number of carboxylic acids is 1. The number of likely N-dealkylation sites (tertiary alicyclic amines) is 1. The van der Waals surface area contributed by atoms with Gasteiger partial charge in [0.15, 0.2) is 0 Å². The molecular formula is C16H20N2O3. The Hall–Kier alpha value is -2.04. The van der Waals surface area contributed by atoms with Crippen LogP contribution in [0.25, 0.3) is 0 Å². The number of piperidine rings is 1. The highest BCUT2D eigenvalue weighted by atomic mass is 16.4. The van der Waals surface area contributed by atoms with Gasteiger partial charge in [-0.2, -0.15) is 0 Å². The number of likely N-dealkylation sites (N-methyl/N-ethyl adjacent to an activating group) is 1. The van der Waals surface area contributed by atoms with E-state index in [4.69, 9.17) is 0 Å². The van der Waals surface area contributed by atoms with Crippen molar-refractivity contribution in [2.75, 3.05) is 25.5 Å². The summed E-state index contributed by atoms with van der Waals surface area (Å²) in [5, 5.41) is 9.46. The summed E-state index contributed by atoms with van der Waals surface area (Å²) < 4.78 is 0. The van der Waals surface area contributed by atoms with Crippen LogP contribution >= 0.6 is 0 Å². The Morgan fingerprint density at radius 2 is 2.05 bits per heavy atom. The lowest BCUT2D eigenvalue weighted by Gasteiger charge is -2.37. The maximum Gasteiger partial charge on any atom is 0.308 e. The molecule has 0 saturated carbocycles. The third-order valence-electron chi connectivity index (χ3n) is 4.75. The standard InChI is InChI=1S/C16H20N2O3/c1-17-8-7-10-9-11(3-5-13(10)17)15-12(16(20)21)4-6-14(19)18(15)2/h3,5,9,12,15H,4,6-8H2,1-2H3,(H,20,21). The molecule has 1 aromatic carbocycles. The Balaban J connectivity index is 1.99. The molecule has 2 unspecified atom stereocenters. The molecule has 5 heteroatoms. The molecule has 5 nitrogen and oxygen atoms in total. The third kappa shape index (κ3) is 2.26. The lowest BCUT2D eigenvalue weighted by molar-refractivity contribution is -0.150. The largest absolute Gasteiger partial charge is 0.481 e. The first kappa shape index (κ1) is 13.9. The van der Waals surface area contributed by atoms with Gasteiger partial charge in [-0.3, -0.25) is 9.59 Å². The van der Waals surface area contributed by atoms with Gasteiger partial charge in [-0.05, 0) is 30.0 Å². The minimum Gasteiger partial charge on any atom is -0.481 e. The van der Waals surface area contributed by atoms with Crippen LogP contribution in [0, 0.1) is 5.92 Å². The molecule has 3 rings (SSSR count). The minimum atomic E-state index is -0.822. The Labute approximate surface area is 124 Å². The van der Waals surface area contributed by atoms with Crippen LogP contribution in [0.1, 0.15) is 30.0 Å². The first-order chi connectivity index (χ1) is 9.99. The van der Waals surface area contributed by atoms with Gasteiger partial charge >= 0.3 is 5.97 Å². The van der Waals surface area contributed by atoms with E-state index in [1.54, 1.807) is 11.9 Å². The molecule has 0 aliphatic carbocycles. The number of carboxylic acid groups (broad SMARTS) is 1. The summed E-state index contributed by atoms with van der Waals surface area (Å²) in [7, 11) is 3.77. The molecule has 2 heterocycles. The van der Waals surface area contributed by atoms with Crippen molar-refractivity contribution in [3.63, 3.8) is 0 Å². The van der Waals surface area contributed by atoms with E-state index in [-0.39, 0.29) is 11.9 Å². The van der Waals surface area contributed by atoms with E-state index in [9.17, 15) is 14.7 Å². The predicted octanol–water partition coefficient (Wildman–Crippen LogP) is 1.67. The minimum absolute atomic E-state index is 0.0233. The molecule has 1 fully saturated rings. The van der Waals surface area contributed by atoms with Crippen LogP contribution in [0.4, 0.5) is 5.69 Å². The molecule has 1 aromatic rings. The van der Waals surface area contributed by atoms with Gasteiger partial charge in [-0.15, -0.1) is 0 Å². The quantitative estimate of drug-likeness (QED) is 0.899. The summed E-state index contributed by atoms with van der Waals surface area (Å²) in [6.45, 7) is 0.987. The fourth-order valence-corrected chi connectivity index (χ4v) is 3.52. The van der Waals surface area contributed by atoms with Crippen molar-refractivity contribution < 1.29 is 14.7 Å². The number of anilines is 1. The second-order valence-electron chi connectivity index (χ2n) is 5.99. The summed E-state index contributed by atoms with van der Waals surface area (Å²) in [4.78, 5) is 27.3. The van der Waals surface area contributed by atoms with Crippen LogP contribution in [-0.4, -0.2) is 42.5 Å². The maximum absolute atomic E-state index is 12.0. The van der Waals surface area contributed by atoms with Gasteiger partial charge < -0.3 is 14.9 Å². The predicted molar refractivity (Wildman–Crippen MR) is 79.3 cm³/mol. The second kappa shape index (κ2) is 5.06. The van der Waals surface area contributed by atoms with Crippen LogP contribution in [0.5, 0.6) is 0 Å². The number of hydrogen-bond donors (Lipinski definition) is 1. The van der Waals surface area contributed by atoms with Gasteiger partial charge in [0.1, 0.15) is 0 Å². The SMILES string of the molecule is CN1CCc2cc(C3C(C(=O)O)CCC(=O)N3C)ccc21. The Kier molecular flexibility index (Phi) is 3.35. The summed E-state index contributed by atoms with van der Waals surface area (Å²) in [6, 6.07) is 5.73. The van der Waals surface area contributed by atoms with Gasteiger partial charge in [-0.1, -0.05) is 12.1 Å². The molecule has 1 saturated heterocycles. The number of benzene rings is 1. The lowest BCUT2D eigenvalue weighted by Crippen LogP contribution is -2.43. The van der Waals surface area contributed by atoms with Crippen molar-refractivity contribution in [3.8, 4) is 0 Å². The van der Waals surface area contributed by atoms with Gasteiger partial charge in [-0.25, -0.2) is 0 Å². The fraction of sp³-hybridized carbons (Fsp3) is 0.500. The van der Waals surface area contributed by atoms with Crippen LogP contribution in [0.3, 0.4) is 0 Å². The molecule has 2 atom stereocenters. The molecule has 2 aliphatic heterocycles. The second-order valence-corrected chi connectivity index (χ2v) is 5.99. The monoisotopic (exact) mass is 288 g/mol. The molecular weight excluding hydrogens is 268 g/mol. The van der Waals surface area contributed by atoms with Crippen molar-refractivity contribution in [1.29, 1.82) is 0 Å². The van der Waals surface area contributed by atoms with E-state index in [2.05, 4.69) is 18.0 Å². The zero-order valence-corrected chi connectivity index (χ0v) is 12.4. The maximum atomic E-state index is 12.0. The highest BCUT2D eigenvalue weighted by molar-refractivity contribution is 5.81. The number of carbonyl (C=O) groups excluding carboxylic acids is 1. The first-order valence-electron chi connectivity index (χ1n) is 7.31. The van der Waals surface area contributed by atoms with Crippen molar-refractivity contribution in [3.05, 3.63) is 29.3 Å². The van der Waals surface area contributed by atoms with Crippen molar-refractivity contribution in [2.24, 2.45) is 5.92 Å². The van der Waals surface area contributed by atoms with Gasteiger partial charge in [0.2, 0.25) is 5.91 Å². The first-order valence-corrected chi connectivity index (χ1v) is 7.31. The van der Waals surface area contributed by atoms with E-state index in [1.165, 1.54) is 11.3 Å². The molecule has 0 aromatic heterocycles. The lowest BCUT2D eigenvalue weighted by atomic mass is 9.84. The van der Waals surface area contributed by atoms with E-state index in [0.717, 1.165) is 18.5 Å². The van der Waals surface area contributed by atoms with Crippen LogP contribution in [-0.2, 0) is 16.0 Å². The summed E-state index contributed by atoms with van der Waals surface area (Å²) >= 11 is 0. The van der Waals surface area contributed by atoms with Crippen molar-refractivity contribution in [1.82, 2.24) is 4.90 Å². The molecule has 1 amide bonds. The molecule has 0 radical (unpaired) electrons. The van der Waals surface area contributed by atoms with Crippen LogP contribution in [0.15, 0.2) is 18.2 Å². The number of rotatable bonds is 2. The van der Waals surface area contributed by atoms with Gasteiger partial charge in [0.25, 0.3) is 0 Å². The number of aliphatic carboxylic acids is 1. The van der Waals surface area contributed by atoms with E-state index >= 15 is 0 Å². The zero-order chi connectivity index (χ0) is 15.1. The topological polar surface area (TPSA) is 60.9 Å². The Bertz CT molecular complexity index is 599. The van der Waals surface area contributed by atoms with Gasteiger partial charge in [0, 0.05) is 32.7 Å². The van der Waals surface area contributed by atoms with Gasteiger partial charge in [0.05, 0.1) is 12.0 Å². The molecule has 0 bridgehead atoms. The van der Waals surface area contributed by atoms with E-state index in [1.807, 2.05) is 12.1 Å². The molecule has 1 N–H and O–H groups in total. The average Bonchev–Trinajstić information content (AvgIpc) is 2.82. The molecule has 0 spiro atoms. The van der Waals surface area contributed by atoms with Crippen LogP contribution < -0.4 is 4.90 Å². The summed E-state index contributed by atoms with van der Waals surface area (Å²) in [5.74, 6) is -1.32. The van der Waals surface area contributed by atoms with E-state index < -0.39 is 11.9 Å². The third-order valence-corrected chi connectivity index (χ3v) is 4.75. The summed E-state index contributed by atoms with van der Waals surface area (Å²) in [6.07, 6.45) is 1.71. The summed E-state index contributed by atoms with van der Waals surface area (Å²) in [5.41, 5.74) is 3.38. The van der Waals surface area contributed by atoms with E-state index in [0.29, 0.717) is 12.8 Å².